The lowest BCUT2D eigenvalue weighted by Gasteiger charge is -2.14. The van der Waals surface area contributed by atoms with E-state index in [2.05, 4.69) is 21.2 Å². The molecule has 5 N–H and O–H groups in total. The Balaban J connectivity index is 3.30. The van der Waals surface area contributed by atoms with E-state index in [1.807, 2.05) is 0 Å². The summed E-state index contributed by atoms with van der Waals surface area (Å²) in [6, 6.07) is 2.71. The van der Waals surface area contributed by atoms with Gasteiger partial charge in [-0.15, -0.1) is 0 Å². The van der Waals surface area contributed by atoms with Gasteiger partial charge < -0.3 is 11.1 Å². The minimum atomic E-state index is -3.88. The van der Waals surface area contributed by atoms with Gasteiger partial charge in [0, 0.05) is 22.6 Å². The van der Waals surface area contributed by atoms with E-state index >= 15 is 0 Å². The second-order valence-electron chi connectivity index (χ2n) is 4.23. The van der Waals surface area contributed by atoms with Crippen molar-refractivity contribution in [2.75, 3.05) is 6.54 Å². The lowest BCUT2D eigenvalue weighted by Crippen LogP contribution is -2.38. The Labute approximate surface area is 120 Å². The molecule has 0 bridgehead atoms. The van der Waals surface area contributed by atoms with Crippen molar-refractivity contribution in [2.45, 2.75) is 24.8 Å². The Morgan fingerprint density at radius 3 is 2.53 bits per heavy atom. The van der Waals surface area contributed by atoms with Crippen LogP contribution in [0.25, 0.3) is 0 Å². The molecule has 19 heavy (non-hydrogen) atoms. The average Bonchev–Trinajstić information content (AvgIpc) is 2.29. The van der Waals surface area contributed by atoms with Gasteiger partial charge in [-0.1, -0.05) is 15.9 Å². The Hall–Kier alpha value is -0.960. The summed E-state index contributed by atoms with van der Waals surface area (Å²) in [5.74, 6) is -0.387. The highest BCUT2D eigenvalue weighted by Gasteiger charge is 2.20. The number of halogens is 1. The van der Waals surface area contributed by atoms with Crippen molar-refractivity contribution in [3.63, 3.8) is 0 Å². The van der Waals surface area contributed by atoms with Crippen LogP contribution in [0.3, 0.4) is 0 Å². The molecule has 0 aliphatic rings. The van der Waals surface area contributed by atoms with Crippen LogP contribution < -0.4 is 16.2 Å². The SMILES string of the molecule is Cc1c(C(=O)N[C@@H](C)CN)cc(Br)cc1S(N)(=O)=O. The maximum absolute atomic E-state index is 12.0. The first kappa shape index (κ1) is 16.1. The molecule has 1 atom stereocenters. The first-order valence-corrected chi connectivity index (χ1v) is 7.84. The summed E-state index contributed by atoms with van der Waals surface area (Å²) in [6.45, 7) is 3.58. The van der Waals surface area contributed by atoms with Crippen LogP contribution in [0.15, 0.2) is 21.5 Å². The molecule has 0 saturated carbocycles. The summed E-state index contributed by atoms with van der Waals surface area (Å²) in [4.78, 5) is 12.0. The molecule has 0 fully saturated rings. The molecule has 1 aromatic rings. The number of primary sulfonamides is 1. The average molecular weight is 350 g/mol. The largest absolute Gasteiger partial charge is 0.348 e. The lowest BCUT2D eigenvalue weighted by molar-refractivity contribution is 0.0940. The fourth-order valence-electron chi connectivity index (χ4n) is 1.55. The molecule has 0 unspecified atom stereocenters. The number of hydrogen-bond donors (Lipinski definition) is 3. The number of carbonyl (C=O) groups excluding carboxylic acids is 1. The number of hydrogen-bond acceptors (Lipinski definition) is 4. The fourth-order valence-corrected chi connectivity index (χ4v) is 2.98. The smallest absolute Gasteiger partial charge is 0.251 e. The molecule has 0 aliphatic heterocycles. The Morgan fingerprint density at radius 2 is 2.05 bits per heavy atom. The first-order valence-electron chi connectivity index (χ1n) is 5.50. The van der Waals surface area contributed by atoms with Crippen LogP contribution in [-0.2, 0) is 10.0 Å². The summed E-state index contributed by atoms with van der Waals surface area (Å²) in [6.07, 6.45) is 0. The Morgan fingerprint density at radius 1 is 1.47 bits per heavy atom. The molecule has 8 heteroatoms. The first-order chi connectivity index (χ1) is 8.66. The number of amides is 1. The summed E-state index contributed by atoms with van der Waals surface area (Å²) in [7, 11) is -3.88. The number of benzene rings is 1. The predicted octanol–water partition coefficient (Wildman–Crippen LogP) is 0.482. The third kappa shape index (κ3) is 4.00. The van der Waals surface area contributed by atoms with Crippen molar-refractivity contribution in [1.29, 1.82) is 0 Å². The fraction of sp³-hybridized carbons (Fsp3) is 0.364. The third-order valence-corrected chi connectivity index (χ3v) is 4.10. The van der Waals surface area contributed by atoms with Crippen molar-refractivity contribution in [2.24, 2.45) is 10.9 Å². The standard InChI is InChI=1S/C11H16BrN3O3S/c1-6(5-13)15-11(16)9-3-8(12)4-10(7(9)2)19(14,17)18/h3-4,6H,5,13H2,1-2H3,(H,15,16)(H2,14,17,18)/t6-/m0/s1. The van der Waals surface area contributed by atoms with E-state index in [1.165, 1.54) is 13.0 Å². The van der Waals surface area contributed by atoms with Crippen LogP contribution in [0.1, 0.15) is 22.8 Å². The van der Waals surface area contributed by atoms with Gasteiger partial charge in [0.25, 0.3) is 5.91 Å². The molecule has 0 radical (unpaired) electrons. The van der Waals surface area contributed by atoms with Crippen molar-refractivity contribution in [3.05, 3.63) is 27.7 Å². The van der Waals surface area contributed by atoms with E-state index in [0.29, 0.717) is 16.6 Å². The molecule has 6 nitrogen and oxygen atoms in total. The zero-order valence-corrected chi connectivity index (χ0v) is 13.0. The van der Waals surface area contributed by atoms with E-state index in [9.17, 15) is 13.2 Å². The van der Waals surface area contributed by atoms with Gasteiger partial charge in [0.05, 0.1) is 4.90 Å². The summed E-state index contributed by atoms with van der Waals surface area (Å²) in [5.41, 5.74) is 5.99. The van der Waals surface area contributed by atoms with Gasteiger partial charge in [-0.3, -0.25) is 4.79 Å². The van der Waals surface area contributed by atoms with E-state index < -0.39 is 10.0 Å². The highest BCUT2D eigenvalue weighted by molar-refractivity contribution is 9.10. The van der Waals surface area contributed by atoms with Gasteiger partial charge in [-0.05, 0) is 31.5 Å². The zero-order valence-electron chi connectivity index (χ0n) is 10.6. The molecule has 0 aliphatic carbocycles. The maximum atomic E-state index is 12.0. The molecule has 1 rings (SSSR count). The quantitative estimate of drug-likeness (QED) is 0.733. The molecular formula is C11H16BrN3O3S. The lowest BCUT2D eigenvalue weighted by atomic mass is 10.1. The monoisotopic (exact) mass is 349 g/mol. The molecule has 0 heterocycles. The van der Waals surface area contributed by atoms with E-state index in [-0.39, 0.29) is 22.4 Å². The van der Waals surface area contributed by atoms with Crippen molar-refractivity contribution >= 4 is 31.9 Å². The topological polar surface area (TPSA) is 115 Å². The van der Waals surface area contributed by atoms with E-state index in [4.69, 9.17) is 10.9 Å². The van der Waals surface area contributed by atoms with Gasteiger partial charge in [0.2, 0.25) is 10.0 Å². The number of nitrogens with one attached hydrogen (secondary N) is 1. The van der Waals surface area contributed by atoms with Gasteiger partial charge in [-0.2, -0.15) is 0 Å². The summed E-state index contributed by atoms with van der Waals surface area (Å²) in [5, 5.41) is 7.79. The summed E-state index contributed by atoms with van der Waals surface area (Å²) < 4.78 is 23.4. The van der Waals surface area contributed by atoms with Crippen LogP contribution in [0.2, 0.25) is 0 Å². The molecular weight excluding hydrogens is 334 g/mol. The van der Waals surface area contributed by atoms with Crippen LogP contribution in [0, 0.1) is 6.92 Å². The zero-order chi connectivity index (χ0) is 14.8. The minimum Gasteiger partial charge on any atom is -0.348 e. The number of rotatable bonds is 4. The Kier molecular flexibility index (Phi) is 5.08. The third-order valence-electron chi connectivity index (χ3n) is 2.61. The van der Waals surface area contributed by atoms with Crippen LogP contribution in [-0.4, -0.2) is 26.9 Å². The minimum absolute atomic E-state index is 0.0765. The van der Waals surface area contributed by atoms with Crippen LogP contribution in [0.5, 0.6) is 0 Å². The Bertz CT molecular complexity index is 601. The van der Waals surface area contributed by atoms with Crippen molar-refractivity contribution < 1.29 is 13.2 Å². The van der Waals surface area contributed by atoms with E-state index in [1.54, 1.807) is 13.0 Å². The molecule has 1 amide bonds. The normalized spacial score (nSPS) is 13.1. The van der Waals surface area contributed by atoms with Crippen LogP contribution in [0.4, 0.5) is 0 Å². The van der Waals surface area contributed by atoms with Gasteiger partial charge >= 0.3 is 0 Å². The van der Waals surface area contributed by atoms with Gasteiger partial charge in [0.15, 0.2) is 0 Å². The molecule has 1 aromatic carbocycles. The summed E-state index contributed by atoms with van der Waals surface area (Å²) >= 11 is 3.17. The van der Waals surface area contributed by atoms with Crippen LogP contribution >= 0.6 is 15.9 Å². The van der Waals surface area contributed by atoms with Crippen molar-refractivity contribution in [3.8, 4) is 0 Å². The highest BCUT2D eigenvalue weighted by atomic mass is 79.9. The van der Waals surface area contributed by atoms with Gasteiger partial charge in [0.1, 0.15) is 0 Å². The number of carbonyl (C=O) groups is 1. The number of nitrogens with two attached hydrogens (primary N) is 2. The second kappa shape index (κ2) is 6.00. The molecule has 0 aromatic heterocycles. The van der Waals surface area contributed by atoms with E-state index in [0.717, 1.165) is 0 Å². The number of sulfonamides is 1. The highest BCUT2D eigenvalue weighted by Crippen LogP contribution is 2.24. The molecule has 0 spiro atoms. The van der Waals surface area contributed by atoms with Gasteiger partial charge in [-0.25, -0.2) is 13.6 Å². The second-order valence-corrected chi connectivity index (χ2v) is 6.68. The predicted molar refractivity (Wildman–Crippen MR) is 76.2 cm³/mol. The van der Waals surface area contributed by atoms with Crippen molar-refractivity contribution in [1.82, 2.24) is 5.32 Å². The maximum Gasteiger partial charge on any atom is 0.251 e. The molecule has 0 saturated heterocycles. The molecule has 106 valence electrons.